The van der Waals surface area contributed by atoms with Crippen molar-refractivity contribution < 1.29 is 9.13 Å². The molecule has 3 rings (SSSR count). The predicted molar refractivity (Wildman–Crippen MR) is 86.2 cm³/mol. The second kappa shape index (κ2) is 6.39. The molecule has 23 heavy (non-hydrogen) atoms. The molecule has 0 radical (unpaired) electrons. The highest BCUT2D eigenvalue weighted by atomic mass is 19.1. The molecule has 2 aromatic heterocycles. The number of rotatable bonds is 4. The van der Waals surface area contributed by atoms with E-state index in [1.165, 1.54) is 19.2 Å². The molecule has 1 aromatic carbocycles. The van der Waals surface area contributed by atoms with E-state index in [4.69, 9.17) is 4.74 Å². The summed E-state index contributed by atoms with van der Waals surface area (Å²) >= 11 is 0. The van der Waals surface area contributed by atoms with Crippen LogP contribution in [0.25, 0.3) is 11.5 Å². The fourth-order valence-electron chi connectivity index (χ4n) is 2.06. The molecular weight excluding hydrogens is 295 g/mol. The topological polar surface area (TPSA) is 59.9 Å². The van der Waals surface area contributed by atoms with E-state index in [0.717, 1.165) is 11.4 Å². The molecule has 0 aliphatic heterocycles. The number of anilines is 2. The van der Waals surface area contributed by atoms with E-state index in [1.54, 1.807) is 18.2 Å². The molecule has 116 valence electrons. The zero-order valence-corrected chi connectivity index (χ0v) is 12.7. The van der Waals surface area contributed by atoms with Gasteiger partial charge in [0.1, 0.15) is 17.3 Å². The molecule has 0 amide bonds. The quantitative estimate of drug-likeness (QED) is 0.795. The molecule has 1 N–H and O–H groups in total. The van der Waals surface area contributed by atoms with E-state index in [-0.39, 0.29) is 5.82 Å². The largest absolute Gasteiger partial charge is 0.481 e. The second-order valence-electron chi connectivity index (χ2n) is 4.92. The Kier molecular flexibility index (Phi) is 4.14. The number of hydrogen-bond donors (Lipinski definition) is 1. The van der Waals surface area contributed by atoms with Gasteiger partial charge in [-0.3, -0.25) is 0 Å². The maximum Gasteiger partial charge on any atom is 0.218 e. The summed E-state index contributed by atoms with van der Waals surface area (Å²) in [7, 11) is 1.54. The van der Waals surface area contributed by atoms with Crippen LogP contribution in [-0.2, 0) is 0 Å². The van der Waals surface area contributed by atoms with E-state index in [9.17, 15) is 4.39 Å². The van der Waals surface area contributed by atoms with Crippen molar-refractivity contribution in [3.05, 3.63) is 60.0 Å². The molecule has 0 atom stereocenters. The molecule has 0 fully saturated rings. The van der Waals surface area contributed by atoms with Gasteiger partial charge in [0.05, 0.1) is 7.11 Å². The van der Waals surface area contributed by atoms with E-state index >= 15 is 0 Å². The Bertz CT molecular complexity index is 821. The molecule has 0 saturated heterocycles. The summed E-state index contributed by atoms with van der Waals surface area (Å²) in [4.78, 5) is 13.2. The minimum absolute atomic E-state index is 0.291. The summed E-state index contributed by atoms with van der Waals surface area (Å²) in [6.07, 6.45) is 0. The first kappa shape index (κ1) is 14.9. The maximum absolute atomic E-state index is 13.0. The van der Waals surface area contributed by atoms with Crippen LogP contribution in [0.2, 0.25) is 0 Å². The van der Waals surface area contributed by atoms with Gasteiger partial charge >= 0.3 is 0 Å². The Hall–Kier alpha value is -3.02. The number of benzene rings is 1. The van der Waals surface area contributed by atoms with Crippen LogP contribution >= 0.6 is 0 Å². The van der Waals surface area contributed by atoms with Crippen LogP contribution in [0, 0.1) is 12.7 Å². The number of nitrogens with zero attached hydrogens (tertiary/aromatic N) is 3. The van der Waals surface area contributed by atoms with Gasteiger partial charge in [-0.2, -0.15) is 4.98 Å². The van der Waals surface area contributed by atoms with Crippen molar-refractivity contribution in [1.29, 1.82) is 0 Å². The SMILES string of the molecule is COc1cc(Nc2ccc(F)cc2)nc(-c2cccc(C)n2)n1. The lowest BCUT2D eigenvalue weighted by Gasteiger charge is -2.09. The third-order valence-electron chi connectivity index (χ3n) is 3.15. The van der Waals surface area contributed by atoms with Crippen LogP contribution in [0.3, 0.4) is 0 Å². The molecule has 0 bridgehead atoms. The lowest BCUT2D eigenvalue weighted by atomic mass is 10.3. The zero-order valence-electron chi connectivity index (χ0n) is 12.7. The molecule has 0 aliphatic rings. The minimum Gasteiger partial charge on any atom is -0.481 e. The van der Waals surface area contributed by atoms with E-state index in [2.05, 4.69) is 20.3 Å². The maximum atomic E-state index is 13.0. The number of methoxy groups -OCH3 is 1. The van der Waals surface area contributed by atoms with Crippen molar-refractivity contribution >= 4 is 11.5 Å². The molecule has 0 unspecified atom stereocenters. The van der Waals surface area contributed by atoms with Crippen LogP contribution in [0.5, 0.6) is 5.88 Å². The van der Waals surface area contributed by atoms with Gasteiger partial charge in [-0.1, -0.05) is 6.07 Å². The normalized spacial score (nSPS) is 10.4. The van der Waals surface area contributed by atoms with Crippen LogP contribution < -0.4 is 10.1 Å². The van der Waals surface area contributed by atoms with Gasteiger partial charge in [0.15, 0.2) is 5.82 Å². The van der Waals surface area contributed by atoms with Crippen molar-refractivity contribution in [2.75, 3.05) is 12.4 Å². The molecule has 0 aliphatic carbocycles. The average Bonchev–Trinajstić information content (AvgIpc) is 2.56. The molecular formula is C17H15FN4O. The van der Waals surface area contributed by atoms with Crippen molar-refractivity contribution in [3.8, 4) is 17.4 Å². The van der Waals surface area contributed by atoms with Gasteiger partial charge in [0, 0.05) is 17.4 Å². The van der Waals surface area contributed by atoms with Crippen molar-refractivity contribution in [2.45, 2.75) is 6.92 Å². The number of aromatic nitrogens is 3. The highest BCUT2D eigenvalue weighted by Gasteiger charge is 2.09. The summed E-state index contributed by atoms with van der Waals surface area (Å²) in [5.74, 6) is 1.13. The average molecular weight is 310 g/mol. The van der Waals surface area contributed by atoms with E-state index in [0.29, 0.717) is 23.2 Å². The fraction of sp³-hybridized carbons (Fsp3) is 0.118. The fourth-order valence-corrected chi connectivity index (χ4v) is 2.06. The number of aryl methyl sites for hydroxylation is 1. The zero-order chi connectivity index (χ0) is 16.2. The molecule has 2 heterocycles. The first-order valence-corrected chi connectivity index (χ1v) is 7.04. The first-order valence-electron chi connectivity index (χ1n) is 7.04. The van der Waals surface area contributed by atoms with E-state index in [1.807, 2.05) is 25.1 Å². The van der Waals surface area contributed by atoms with Gasteiger partial charge in [-0.15, -0.1) is 0 Å². The molecule has 0 spiro atoms. The number of nitrogens with one attached hydrogen (secondary N) is 1. The Morgan fingerprint density at radius 2 is 1.78 bits per heavy atom. The molecule has 6 heteroatoms. The Balaban J connectivity index is 1.97. The Labute approximate surface area is 133 Å². The summed E-state index contributed by atoms with van der Waals surface area (Å²) < 4.78 is 18.2. The van der Waals surface area contributed by atoms with Crippen LogP contribution in [0.1, 0.15) is 5.69 Å². The van der Waals surface area contributed by atoms with Crippen molar-refractivity contribution in [3.63, 3.8) is 0 Å². The molecule has 0 saturated carbocycles. The van der Waals surface area contributed by atoms with Gasteiger partial charge in [-0.05, 0) is 43.3 Å². The number of halogens is 1. The summed E-state index contributed by atoms with van der Waals surface area (Å²) in [5, 5.41) is 3.11. The number of pyridine rings is 1. The van der Waals surface area contributed by atoms with Gasteiger partial charge < -0.3 is 10.1 Å². The van der Waals surface area contributed by atoms with E-state index < -0.39 is 0 Å². The lowest BCUT2D eigenvalue weighted by Crippen LogP contribution is -2.01. The minimum atomic E-state index is -0.291. The Morgan fingerprint density at radius 3 is 2.48 bits per heavy atom. The van der Waals surface area contributed by atoms with Crippen LogP contribution in [0.4, 0.5) is 15.9 Å². The van der Waals surface area contributed by atoms with Crippen LogP contribution in [0.15, 0.2) is 48.5 Å². The third-order valence-corrected chi connectivity index (χ3v) is 3.15. The number of ether oxygens (including phenoxy) is 1. The lowest BCUT2D eigenvalue weighted by molar-refractivity contribution is 0.398. The van der Waals surface area contributed by atoms with Crippen molar-refractivity contribution in [2.24, 2.45) is 0 Å². The molecule has 5 nitrogen and oxygen atoms in total. The smallest absolute Gasteiger partial charge is 0.218 e. The summed E-state index contributed by atoms with van der Waals surface area (Å²) in [6.45, 7) is 1.90. The third kappa shape index (κ3) is 3.60. The summed E-state index contributed by atoms with van der Waals surface area (Å²) in [6, 6.07) is 13.3. The highest BCUT2D eigenvalue weighted by Crippen LogP contribution is 2.23. The summed E-state index contributed by atoms with van der Waals surface area (Å²) in [5.41, 5.74) is 2.25. The predicted octanol–water partition coefficient (Wildman–Crippen LogP) is 3.74. The highest BCUT2D eigenvalue weighted by molar-refractivity contribution is 5.60. The van der Waals surface area contributed by atoms with Crippen molar-refractivity contribution in [1.82, 2.24) is 15.0 Å². The number of hydrogen-bond acceptors (Lipinski definition) is 5. The van der Waals surface area contributed by atoms with Crippen LogP contribution in [-0.4, -0.2) is 22.1 Å². The standard InChI is InChI=1S/C17H15FN4O/c1-11-4-3-5-14(19-11)17-21-15(10-16(22-17)23-2)20-13-8-6-12(18)7-9-13/h3-10H,1-2H3,(H,20,21,22). The van der Waals surface area contributed by atoms with Gasteiger partial charge in [0.25, 0.3) is 0 Å². The monoisotopic (exact) mass is 310 g/mol. The van der Waals surface area contributed by atoms with Gasteiger partial charge in [0.2, 0.25) is 5.88 Å². The van der Waals surface area contributed by atoms with Gasteiger partial charge in [-0.25, -0.2) is 14.4 Å². The second-order valence-corrected chi connectivity index (χ2v) is 4.92. The Morgan fingerprint density at radius 1 is 1.00 bits per heavy atom. The molecule has 3 aromatic rings. The first-order chi connectivity index (χ1) is 11.1.